The Morgan fingerprint density at radius 1 is 1.50 bits per heavy atom. The Kier molecular flexibility index (Phi) is 4.57. The lowest BCUT2D eigenvalue weighted by atomic mass is 10.1. The highest BCUT2D eigenvalue weighted by atomic mass is 16.5. The van der Waals surface area contributed by atoms with Crippen molar-refractivity contribution in [2.45, 2.75) is 51.5 Å². The van der Waals surface area contributed by atoms with Crippen LogP contribution in [0.5, 0.6) is 0 Å². The molecular formula is C14H20N2O4. The van der Waals surface area contributed by atoms with Gasteiger partial charge in [0.2, 0.25) is 0 Å². The summed E-state index contributed by atoms with van der Waals surface area (Å²) in [5.74, 6) is 0. The standard InChI is InChI=1S/C14H20N2O4/c1-3-5-6-9-8-16(14(19)15-13(9)18)12-7-10(17)11(4-2)20-12/h5-6,8,10-12,17H,3-4,7H2,1-2H3,(H,15,18,19)/b6-5+/t10-,11?,12?/m0/s1. The second kappa shape index (κ2) is 6.19. The Hall–Kier alpha value is -1.66. The van der Waals surface area contributed by atoms with E-state index in [-0.39, 0.29) is 6.10 Å². The number of aliphatic hydroxyl groups excluding tert-OH is 1. The number of hydrogen-bond acceptors (Lipinski definition) is 4. The van der Waals surface area contributed by atoms with Crippen LogP contribution in [0.15, 0.2) is 21.9 Å². The molecule has 2 heterocycles. The summed E-state index contributed by atoms with van der Waals surface area (Å²) in [5, 5.41) is 9.85. The number of aromatic amines is 1. The number of rotatable bonds is 4. The van der Waals surface area contributed by atoms with Gasteiger partial charge in [-0.25, -0.2) is 4.79 Å². The SMILES string of the molecule is CC/C=C/c1cn(C2C[C@H](O)C(CC)O2)c(=O)[nH]c1=O. The molecule has 6 nitrogen and oxygen atoms in total. The zero-order valence-electron chi connectivity index (χ0n) is 11.7. The fraction of sp³-hybridized carbons (Fsp3) is 0.571. The number of nitrogens with one attached hydrogen (secondary N) is 1. The van der Waals surface area contributed by atoms with E-state index in [0.717, 1.165) is 6.42 Å². The van der Waals surface area contributed by atoms with Gasteiger partial charge in [-0.05, 0) is 12.8 Å². The van der Waals surface area contributed by atoms with Crippen LogP contribution < -0.4 is 11.2 Å². The third-order valence-electron chi connectivity index (χ3n) is 3.45. The number of aromatic nitrogens is 2. The molecule has 110 valence electrons. The predicted molar refractivity (Wildman–Crippen MR) is 75.5 cm³/mol. The van der Waals surface area contributed by atoms with E-state index >= 15 is 0 Å². The molecule has 0 spiro atoms. The molecule has 3 atom stereocenters. The van der Waals surface area contributed by atoms with Crippen LogP contribution >= 0.6 is 0 Å². The van der Waals surface area contributed by atoms with Crippen molar-refractivity contribution in [1.29, 1.82) is 0 Å². The number of aliphatic hydroxyl groups is 1. The third-order valence-corrected chi connectivity index (χ3v) is 3.45. The van der Waals surface area contributed by atoms with Gasteiger partial charge in [0.15, 0.2) is 0 Å². The van der Waals surface area contributed by atoms with Crippen LogP contribution in [0.25, 0.3) is 6.08 Å². The van der Waals surface area contributed by atoms with Crippen molar-refractivity contribution in [1.82, 2.24) is 9.55 Å². The average Bonchev–Trinajstić information content (AvgIpc) is 2.79. The van der Waals surface area contributed by atoms with Crippen LogP contribution in [0.4, 0.5) is 0 Å². The molecule has 20 heavy (non-hydrogen) atoms. The molecule has 0 bridgehead atoms. The first-order valence-electron chi connectivity index (χ1n) is 6.92. The van der Waals surface area contributed by atoms with Crippen LogP contribution in [0, 0.1) is 0 Å². The summed E-state index contributed by atoms with van der Waals surface area (Å²) in [7, 11) is 0. The Labute approximate surface area is 116 Å². The van der Waals surface area contributed by atoms with Crippen LogP contribution in [0.3, 0.4) is 0 Å². The normalized spacial score (nSPS) is 26.4. The molecular weight excluding hydrogens is 260 g/mol. The van der Waals surface area contributed by atoms with Crippen molar-refractivity contribution in [3.8, 4) is 0 Å². The van der Waals surface area contributed by atoms with E-state index < -0.39 is 23.6 Å². The maximum atomic E-state index is 11.9. The fourth-order valence-corrected chi connectivity index (χ4v) is 2.33. The fourth-order valence-electron chi connectivity index (χ4n) is 2.33. The molecule has 0 aliphatic carbocycles. The minimum Gasteiger partial charge on any atom is -0.390 e. The van der Waals surface area contributed by atoms with E-state index in [4.69, 9.17) is 4.74 Å². The van der Waals surface area contributed by atoms with E-state index in [1.165, 1.54) is 10.8 Å². The molecule has 1 aliphatic rings. The number of hydrogen-bond donors (Lipinski definition) is 2. The highest BCUT2D eigenvalue weighted by Crippen LogP contribution is 2.29. The molecule has 0 radical (unpaired) electrons. The Balaban J connectivity index is 2.35. The van der Waals surface area contributed by atoms with Gasteiger partial charge in [0.05, 0.1) is 17.8 Å². The Morgan fingerprint density at radius 2 is 2.25 bits per heavy atom. The summed E-state index contributed by atoms with van der Waals surface area (Å²) < 4.78 is 7.00. The second-order valence-electron chi connectivity index (χ2n) is 4.90. The zero-order valence-corrected chi connectivity index (χ0v) is 11.7. The third kappa shape index (κ3) is 2.91. The molecule has 0 amide bonds. The van der Waals surface area contributed by atoms with E-state index in [9.17, 15) is 14.7 Å². The molecule has 2 rings (SSSR count). The average molecular weight is 280 g/mol. The van der Waals surface area contributed by atoms with Crippen LogP contribution in [0.2, 0.25) is 0 Å². The number of nitrogens with zero attached hydrogens (tertiary/aromatic N) is 1. The Morgan fingerprint density at radius 3 is 2.85 bits per heavy atom. The van der Waals surface area contributed by atoms with Crippen molar-refractivity contribution in [2.24, 2.45) is 0 Å². The van der Waals surface area contributed by atoms with Crippen molar-refractivity contribution in [3.05, 3.63) is 38.7 Å². The van der Waals surface area contributed by atoms with Crippen molar-refractivity contribution in [2.75, 3.05) is 0 Å². The molecule has 1 aromatic rings. The summed E-state index contributed by atoms with van der Waals surface area (Å²) in [6, 6.07) is 0. The lowest BCUT2D eigenvalue weighted by Crippen LogP contribution is -2.33. The number of allylic oxidation sites excluding steroid dienone is 1. The zero-order chi connectivity index (χ0) is 14.7. The monoisotopic (exact) mass is 280 g/mol. The minimum absolute atomic E-state index is 0.270. The number of H-pyrrole nitrogens is 1. The first-order valence-corrected chi connectivity index (χ1v) is 6.92. The van der Waals surface area contributed by atoms with Gasteiger partial charge in [-0.3, -0.25) is 14.3 Å². The molecule has 1 aliphatic heterocycles. The van der Waals surface area contributed by atoms with Crippen molar-refractivity contribution in [3.63, 3.8) is 0 Å². The highest BCUT2D eigenvalue weighted by molar-refractivity contribution is 5.46. The van der Waals surface area contributed by atoms with E-state index in [1.807, 2.05) is 19.9 Å². The van der Waals surface area contributed by atoms with Crippen LogP contribution in [-0.2, 0) is 4.74 Å². The first-order chi connectivity index (χ1) is 9.56. The molecule has 2 N–H and O–H groups in total. The molecule has 1 fully saturated rings. The first kappa shape index (κ1) is 14.7. The van der Waals surface area contributed by atoms with Crippen molar-refractivity contribution >= 4 is 6.08 Å². The molecule has 6 heteroatoms. The van der Waals surface area contributed by atoms with E-state index in [0.29, 0.717) is 18.4 Å². The summed E-state index contributed by atoms with van der Waals surface area (Å²) in [4.78, 5) is 25.8. The van der Waals surface area contributed by atoms with Gasteiger partial charge in [0.25, 0.3) is 5.56 Å². The molecule has 1 aromatic heterocycles. The highest BCUT2D eigenvalue weighted by Gasteiger charge is 2.34. The summed E-state index contributed by atoms with van der Waals surface area (Å²) in [6.45, 7) is 3.88. The summed E-state index contributed by atoms with van der Waals surface area (Å²) in [5.41, 5.74) is -0.524. The molecule has 0 saturated carbocycles. The second-order valence-corrected chi connectivity index (χ2v) is 4.90. The largest absolute Gasteiger partial charge is 0.390 e. The molecule has 0 aromatic carbocycles. The smallest absolute Gasteiger partial charge is 0.330 e. The van der Waals surface area contributed by atoms with Gasteiger partial charge in [-0.15, -0.1) is 0 Å². The summed E-state index contributed by atoms with van der Waals surface area (Å²) in [6.07, 6.45) is 5.45. The molecule has 2 unspecified atom stereocenters. The predicted octanol–water partition coefficient (Wildman–Crippen LogP) is 1.02. The molecule has 1 saturated heterocycles. The quantitative estimate of drug-likeness (QED) is 0.862. The van der Waals surface area contributed by atoms with Gasteiger partial charge < -0.3 is 9.84 Å². The van der Waals surface area contributed by atoms with Gasteiger partial charge in [-0.1, -0.05) is 26.0 Å². The summed E-state index contributed by atoms with van der Waals surface area (Å²) >= 11 is 0. The van der Waals surface area contributed by atoms with Gasteiger partial charge in [0.1, 0.15) is 6.23 Å². The number of ether oxygens (including phenoxy) is 1. The van der Waals surface area contributed by atoms with Gasteiger partial charge in [-0.2, -0.15) is 0 Å². The lowest BCUT2D eigenvalue weighted by Gasteiger charge is -2.15. The van der Waals surface area contributed by atoms with Crippen LogP contribution in [0.1, 0.15) is 44.9 Å². The minimum atomic E-state index is -0.585. The van der Waals surface area contributed by atoms with Crippen molar-refractivity contribution < 1.29 is 9.84 Å². The van der Waals surface area contributed by atoms with Crippen LogP contribution in [-0.4, -0.2) is 26.9 Å². The lowest BCUT2D eigenvalue weighted by molar-refractivity contribution is -0.0217. The maximum Gasteiger partial charge on any atom is 0.330 e. The van der Waals surface area contributed by atoms with E-state index in [1.54, 1.807) is 6.08 Å². The van der Waals surface area contributed by atoms with E-state index in [2.05, 4.69) is 4.98 Å². The van der Waals surface area contributed by atoms with Gasteiger partial charge >= 0.3 is 5.69 Å². The maximum absolute atomic E-state index is 11.9. The topological polar surface area (TPSA) is 84.3 Å². The van der Waals surface area contributed by atoms with Gasteiger partial charge in [0, 0.05) is 12.6 Å². The Bertz CT molecular complexity index is 602.